The summed E-state index contributed by atoms with van der Waals surface area (Å²) in [5.74, 6) is -0.998. The van der Waals surface area contributed by atoms with Crippen LogP contribution in [-0.2, 0) is 25.7 Å². The number of hydrogen-bond donors (Lipinski definition) is 3. The van der Waals surface area contributed by atoms with Gasteiger partial charge in [0.25, 0.3) is 0 Å². The van der Waals surface area contributed by atoms with Gasteiger partial charge >= 0.3 is 6.09 Å². The fraction of sp³-hybridized carbons (Fsp3) is 0.600. The van der Waals surface area contributed by atoms with Crippen LogP contribution in [0.2, 0.25) is 5.02 Å². The van der Waals surface area contributed by atoms with Crippen molar-refractivity contribution in [2.45, 2.75) is 102 Å². The van der Waals surface area contributed by atoms with E-state index in [4.69, 9.17) is 16.3 Å². The lowest BCUT2D eigenvalue weighted by Gasteiger charge is -2.30. The van der Waals surface area contributed by atoms with Gasteiger partial charge in [0.1, 0.15) is 23.2 Å². The van der Waals surface area contributed by atoms with Crippen LogP contribution in [0.5, 0.6) is 0 Å². The highest BCUT2D eigenvalue weighted by Crippen LogP contribution is 2.45. The predicted octanol–water partition coefficient (Wildman–Crippen LogP) is 4.24. The summed E-state index contributed by atoms with van der Waals surface area (Å²) in [5, 5.41) is 9.34. The Labute approximate surface area is 241 Å². The number of fused-ring (bicyclic) bond motifs is 2. The lowest BCUT2D eigenvalue weighted by Crippen LogP contribution is -2.57. The number of carbonyl (C=O) groups is 4. The van der Waals surface area contributed by atoms with Gasteiger partial charge in [0, 0.05) is 24.0 Å². The van der Waals surface area contributed by atoms with Gasteiger partial charge in [-0.25, -0.2) is 4.79 Å². The summed E-state index contributed by atoms with van der Waals surface area (Å²) in [6.07, 6.45) is 8.98. The number of alkyl carbamates (subject to hydrolysis) is 1. The molecule has 0 bridgehead atoms. The number of nitrogens with zero attached hydrogens (tertiary/aromatic N) is 1. The molecule has 2 heterocycles. The molecule has 1 aliphatic carbocycles. The number of hydrogen-bond acceptors (Lipinski definition) is 5. The fourth-order valence-corrected chi connectivity index (χ4v) is 5.74. The number of benzene rings is 1. The van der Waals surface area contributed by atoms with Gasteiger partial charge in [-0.2, -0.15) is 0 Å². The largest absolute Gasteiger partial charge is 0.444 e. The van der Waals surface area contributed by atoms with Crippen molar-refractivity contribution in [2.75, 3.05) is 6.54 Å². The lowest BCUT2D eigenvalue weighted by atomic mass is 10.0. The summed E-state index contributed by atoms with van der Waals surface area (Å²) in [6, 6.07) is 5.79. The summed E-state index contributed by atoms with van der Waals surface area (Å²) < 4.78 is 5.41. The molecule has 1 aromatic rings. The predicted molar refractivity (Wildman–Crippen MR) is 152 cm³/mol. The Morgan fingerprint density at radius 3 is 2.70 bits per heavy atom. The van der Waals surface area contributed by atoms with E-state index in [2.05, 4.69) is 22.0 Å². The summed E-state index contributed by atoms with van der Waals surface area (Å²) in [6.45, 7) is 6.02. The number of nitrogens with one attached hydrogen (secondary N) is 3. The Bertz CT molecular complexity index is 1150. The van der Waals surface area contributed by atoms with Crippen molar-refractivity contribution in [1.82, 2.24) is 20.9 Å². The van der Waals surface area contributed by atoms with E-state index in [0.29, 0.717) is 43.8 Å². The van der Waals surface area contributed by atoms with Crippen LogP contribution in [0, 0.1) is 5.92 Å². The molecule has 4 rings (SSSR count). The van der Waals surface area contributed by atoms with Crippen molar-refractivity contribution in [1.29, 1.82) is 0 Å². The second kappa shape index (κ2) is 12.6. The third-order valence-electron chi connectivity index (χ3n) is 7.67. The minimum atomic E-state index is -1.06. The van der Waals surface area contributed by atoms with E-state index in [1.807, 2.05) is 18.2 Å². The van der Waals surface area contributed by atoms with Crippen LogP contribution in [0.3, 0.4) is 0 Å². The van der Waals surface area contributed by atoms with Crippen molar-refractivity contribution in [3.63, 3.8) is 0 Å². The molecule has 0 radical (unpaired) electrons. The quantitative estimate of drug-likeness (QED) is 0.467. The molecular weight excluding hydrogens is 532 g/mol. The van der Waals surface area contributed by atoms with Gasteiger partial charge in [0.2, 0.25) is 17.7 Å². The normalized spacial score (nSPS) is 27.4. The Hall–Kier alpha value is -3.07. The Morgan fingerprint density at radius 2 is 1.95 bits per heavy atom. The number of carbonyl (C=O) groups excluding carboxylic acids is 4. The molecule has 10 heteroatoms. The zero-order chi connectivity index (χ0) is 28.9. The maximum Gasteiger partial charge on any atom is 0.408 e. The third-order valence-corrected chi connectivity index (χ3v) is 7.90. The van der Waals surface area contributed by atoms with Crippen LogP contribution in [0.4, 0.5) is 4.79 Å². The highest BCUT2D eigenvalue weighted by atomic mass is 35.5. The van der Waals surface area contributed by atoms with E-state index < -0.39 is 29.3 Å². The summed E-state index contributed by atoms with van der Waals surface area (Å²) in [4.78, 5) is 54.9. The first-order valence-electron chi connectivity index (χ1n) is 14.3. The molecular formula is C30H41ClN4O5. The van der Waals surface area contributed by atoms with Crippen LogP contribution in [0.1, 0.15) is 77.7 Å². The molecule has 0 spiro atoms. The Balaban J connectivity index is 1.51. The van der Waals surface area contributed by atoms with Crippen molar-refractivity contribution in [2.24, 2.45) is 5.92 Å². The van der Waals surface area contributed by atoms with Crippen molar-refractivity contribution < 1.29 is 23.9 Å². The monoisotopic (exact) mass is 572 g/mol. The average Bonchev–Trinajstić information content (AvgIpc) is 3.34. The van der Waals surface area contributed by atoms with Crippen molar-refractivity contribution >= 4 is 35.4 Å². The molecule has 2 fully saturated rings. The number of allylic oxidation sites excluding steroid dienone is 1. The average molecular weight is 573 g/mol. The van der Waals surface area contributed by atoms with Crippen LogP contribution >= 0.6 is 11.6 Å². The van der Waals surface area contributed by atoms with Crippen LogP contribution in [0.25, 0.3) is 0 Å². The first kappa shape index (κ1) is 29.9. The molecule has 1 saturated carbocycles. The third kappa shape index (κ3) is 7.56. The molecule has 4 atom stereocenters. The highest BCUT2D eigenvalue weighted by molar-refractivity contribution is 6.30. The maximum absolute atomic E-state index is 13.7. The molecule has 9 nitrogen and oxygen atoms in total. The molecule has 40 heavy (non-hydrogen) atoms. The van der Waals surface area contributed by atoms with Gasteiger partial charge in [-0.05, 0) is 77.0 Å². The van der Waals surface area contributed by atoms with Gasteiger partial charge < -0.3 is 25.6 Å². The van der Waals surface area contributed by atoms with E-state index in [0.717, 1.165) is 31.2 Å². The topological polar surface area (TPSA) is 117 Å². The molecule has 218 valence electrons. The minimum absolute atomic E-state index is 0.118. The van der Waals surface area contributed by atoms with E-state index in [1.54, 1.807) is 37.8 Å². The van der Waals surface area contributed by atoms with Gasteiger partial charge in [-0.3, -0.25) is 14.4 Å². The van der Waals surface area contributed by atoms with Crippen molar-refractivity contribution in [3.8, 4) is 0 Å². The first-order chi connectivity index (χ1) is 19.0. The summed E-state index contributed by atoms with van der Waals surface area (Å²) in [5.41, 5.74) is -0.889. The van der Waals surface area contributed by atoms with Crippen molar-refractivity contribution in [3.05, 3.63) is 47.0 Å². The molecule has 1 aromatic carbocycles. The molecule has 0 aromatic heterocycles. The number of halogens is 1. The number of amides is 4. The standard InChI is InChI=1S/C30H41ClN4O5/c1-29(2,3)40-28(39)33-23-14-8-6-4-5-7-12-21-18-30(21,27(38)32-19-20-11-9-13-22(31)17-20)34-25(36)24-15-10-16-35(24)26(23)37/h7,9,11-13,17,21,23-24H,4-6,8,10,14-16,18-19H2,1-3H3,(H,32,38)(H,33,39)(H,34,36)/t21-,23+,24?,30-/m1/s1. The zero-order valence-corrected chi connectivity index (χ0v) is 24.4. The smallest absolute Gasteiger partial charge is 0.408 e. The zero-order valence-electron chi connectivity index (χ0n) is 23.6. The molecule has 2 aliphatic heterocycles. The maximum atomic E-state index is 13.7. The second-order valence-electron chi connectivity index (χ2n) is 12.0. The molecule has 1 unspecified atom stereocenters. The van der Waals surface area contributed by atoms with Gasteiger partial charge in [0.15, 0.2) is 0 Å². The SMILES string of the molecule is CC(C)(C)OC(=O)N[C@H]1CCCCCC=C[C@@H]2C[C@@]2(C(=O)NCc2cccc(Cl)c2)NC(=O)C2CCCN2C1=O. The van der Waals surface area contributed by atoms with E-state index in [1.165, 1.54) is 0 Å². The Morgan fingerprint density at radius 1 is 1.15 bits per heavy atom. The van der Waals surface area contributed by atoms with Gasteiger partial charge in [0.05, 0.1) is 0 Å². The first-order valence-corrected chi connectivity index (χ1v) is 14.7. The molecule has 3 aliphatic rings. The molecule has 3 N–H and O–H groups in total. The van der Waals surface area contributed by atoms with E-state index in [9.17, 15) is 19.2 Å². The number of rotatable bonds is 4. The van der Waals surface area contributed by atoms with Crippen LogP contribution in [0.15, 0.2) is 36.4 Å². The van der Waals surface area contributed by atoms with Crippen LogP contribution < -0.4 is 16.0 Å². The lowest BCUT2D eigenvalue weighted by molar-refractivity contribution is -0.141. The summed E-state index contributed by atoms with van der Waals surface area (Å²) >= 11 is 6.09. The van der Waals surface area contributed by atoms with Gasteiger partial charge in [-0.15, -0.1) is 0 Å². The van der Waals surface area contributed by atoms with E-state index in [-0.39, 0.29) is 23.6 Å². The van der Waals surface area contributed by atoms with Gasteiger partial charge in [-0.1, -0.05) is 48.7 Å². The van der Waals surface area contributed by atoms with E-state index >= 15 is 0 Å². The highest BCUT2D eigenvalue weighted by Gasteiger charge is 2.60. The number of ether oxygens (including phenoxy) is 1. The molecule has 4 amide bonds. The summed E-state index contributed by atoms with van der Waals surface area (Å²) in [7, 11) is 0. The molecule has 1 saturated heterocycles. The second-order valence-corrected chi connectivity index (χ2v) is 12.5. The fourth-order valence-electron chi connectivity index (χ4n) is 5.53. The Kier molecular flexibility index (Phi) is 9.44. The van der Waals surface area contributed by atoms with Crippen LogP contribution in [-0.4, -0.2) is 58.5 Å². The minimum Gasteiger partial charge on any atom is -0.444 e.